The van der Waals surface area contributed by atoms with E-state index in [1.807, 2.05) is 13.3 Å². The summed E-state index contributed by atoms with van der Waals surface area (Å²) in [6, 6.07) is 4.33. The van der Waals surface area contributed by atoms with Crippen LogP contribution in [-0.4, -0.2) is 41.5 Å². The lowest BCUT2D eigenvalue weighted by molar-refractivity contribution is 0.318. The van der Waals surface area contributed by atoms with Gasteiger partial charge < -0.3 is 15.8 Å². The summed E-state index contributed by atoms with van der Waals surface area (Å²) in [7, 11) is 1.98. The summed E-state index contributed by atoms with van der Waals surface area (Å²) in [4.78, 5) is 2.11. The van der Waals surface area contributed by atoms with Crippen molar-refractivity contribution in [2.24, 2.45) is 10.9 Å². The topological polar surface area (TPSA) is 61.8 Å². The Balaban J connectivity index is 2.87. The van der Waals surface area contributed by atoms with E-state index >= 15 is 0 Å². The maximum absolute atomic E-state index is 13.2. The molecule has 0 aliphatic rings. The summed E-state index contributed by atoms with van der Waals surface area (Å²) in [5.41, 5.74) is 6.83. The molecule has 1 aromatic carbocycles. The largest absolute Gasteiger partial charge is 0.409 e. The second-order valence-electron chi connectivity index (χ2n) is 4.02. The Morgan fingerprint density at radius 2 is 2.28 bits per heavy atom. The first kappa shape index (κ1) is 14.8. The van der Waals surface area contributed by atoms with Crippen LogP contribution in [0.2, 0.25) is 0 Å². The minimum absolute atomic E-state index is 0.0669. The molecular weight excluding hydrogens is 253 g/mol. The zero-order valence-electron chi connectivity index (χ0n) is 10.6. The zero-order chi connectivity index (χ0) is 13.5. The highest BCUT2D eigenvalue weighted by Gasteiger charge is 2.10. The summed E-state index contributed by atoms with van der Waals surface area (Å²) in [6.45, 7) is 1.56. The van der Waals surface area contributed by atoms with E-state index < -0.39 is 5.82 Å². The molecular formula is C12H18FN3OS. The van der Waals surface area contributed by atoms with E-state index in [4.69, 9.17) is 10.9 Å². The van der Waals surface area contributed by atoms with Gasteiger partial charge in [-0.25, -0.2) is 4.39 Å². The predicted octanol–water partition coefficient (Wildman–Crippen LogP) is 1.71. The molecule has 0 unspecified atom stereocenters. The van der Waals surface area contributed by atoms with Gasteiger partial charge in [-0.3, -0.25) is 0 Å². The second kappa shape index (κ2) is 7.23. The summed E-state index contributed by atoms with van der Waals surface area (Å²) in [5.74, 6) is 0.561. The first-order valence-corrected chi connectivity index (χ1v) is 6.91. The molecule has 100 valence electrons. The molecule has 0 radical (unpaired) electrons. The van der Waals surface area contributed by atoms with Crippen LogP contribution in [-0.2, 0) is 6.54 Å². The van der Waals surface area contributed by atoms with Crippen molar-refractivity contribution < 1.29 is 9.60 Å². The molecule has 0 atom stereocenters. The Kier molecular flexibility index (Phi) is 5.94. The first-order chi connectivity index (χ1) is 8.58. The van der Waals surface area contributed by atoms with Crippen LogP contribution in [0.5, 0.6) is 0 Å². The van der Waals surface area contributed by atoms with Crippen LogP contribution in [0.1, 0.15) is 11.1 Å². The van der Waals surface area contributed by atoms with Gasteiger partial charge in [-0.05, 0) is 31.0 Å². The van der Waals surface area contributed by atoms with Crippen LogP contribution in [0.3, 0.4) is 0 Å². The van der Waals surface area contributed by atoms with E-state index in [0.717, 1.165) is 17.9 Å². The third-order valence-corrected chi connectivity index (χ3v) is 3.16. The Morgan fingerprint density at radius 1 is 1.56 bits per heavy atom. The van der Waals surface area contributed by atoms with Gasteiger partial charge in [0.25, 0.3) is 0 Å². The highest BCUT2D eigenvalue weighted by molar-refractivity contribution is 7.98. The molecule has 3 N–H and O–H groups in total. The molecule has 0 spiro atoms. The minimum Gasteiger partial charge on any atom is -0.409 e. The maximum Gasteiger partial charge on any atom is 0.170 e. The standard InChI is InChI=1S/C12H18FN3OS/c1-16(5-6-18-2)8-9-3-4-10(13)7-11(9)12(14)15-17/h3-4,7,17H,5-6,8H2,1-2H3,(H2,14,15). The molecule has 1 rings (SSSR count). The lowest BCUT2D eigenvalue weighted by atomic mass is 10.1. The lowest BCUT2D eigenvalue weighted by Crippen LogP contribution is -2.24. The van der Waals surface area contributed by atoms with Gasteiger partial charge in [0, 0.05) is 24.4 Å². The maximum atomic E-state index is 13.2. The average Bonchev–Trinajstić information content (AvgIpc) is 2.37. The molecule has 4 nitrogen and oxygen atoms in total. The van der Waals surface area contributed by atoms with E-state index in [0.29, 0.717) is 12.1 Å². The highest BCUT2D eigenvalue weighted by Crippen LogP contribution is 2.13. The number of thioether (sulfide) groups is 1. The molecule has 0 aliphatic heterocycles. The van der Waals surface area contributed by atoms with Crippen molar-refractivity contribution in [3.05, 3.63) is 35.1 Å². The van der Waals surface area contributed by atoms with Crippen molar-refractivity contribution in [1.29, 1.82) is 0 Å². The predicted molar refractivity (Wildman–Crippen MR) is 73.6 cm³/mol. The van der Waals surface area contributed by atoms with Crippen molar-refractivity contribution in [1.82, 2.24) is 4.90 Å². The Hall–Kier alpha value is -1.27. The molecule has 6 heteroatoms. The number of rotatable bonds is 6. The number of oxime groups is 1. The fourth-order valence-corrected chi connectivity index (χ4v) is 2.09. The van der Waals surface area contributed by atoms with E-state index in [1.54, 1.807) is 17.8 Å². The summed E-state index contributed by atoms with van der Waals surface area (Å²) < 4.78 is 13.2. The molecule has 0 aromatic heterocycles. The third kappa shape index (κ3) is 4.19. The van der Waals surface area contributed by atoms with Crippen LogP contribution in [0.4, 0.5) is 4.39 Å². The molecule has 0 bridgehead atoms. The molecule has 0 saturated heterocycles. The highest BCUT2D eigenvalue weighted by atomic mass is 32.2. The zero-order valence-corrected chi connectivity index (χ0v) is 11.4. The Morgan fingerprint density at radius 3 is 2.89 bits per heavy atom. The van der Waals surface area contributed by atoms with Crippen LogP contribution in [0.15, 0.2) is 23.4 Å². The fraction of sp³-hybridized carbons (Fsp3) is 0.417. The van der Waals surface area contributed by atoms with Gasteiger partial charge in [0.05, 0.1) is 0 Å². The fourth-order valence-electron chi connectivity index (χ4n) is 1.60. The number of hydrogen-bond donors (Lipinski definition) is 2. The smallest absolute Gasteiger partial charge is 0.170 e. The quantitative estimate of drug-likeness (QED) is 0.358. The molecule has 0 fully saturated rings. The number of nitrogens with two attached hydrogens (primary N) is 1. The SMILES string of the molecule is CSCCN(C)Cc1ccc(F)cc1/C(N)=N/O. The summed E-state index contributed by atoms with van der Waals surface area (Å²) in [6.07, 6.45) is 2.05. The monoisotopic (exact) mass is 271 g/mol. The van der Waals surface area contributed by atoms with Gasteiger partial charge in [0.15, 0.2) is 5.84 Å². The van der Waals surface area contributed by atoms with Gasteiger partial charge in [-0.15, -0.1) is 0 Å². The average molecular weight is 271 g/mol. The first-order valence-electron chi connectivity index (χ1n) is 5.52. The van der Waals surface area contributed by atoms with Gasteiger partial charge in [0.2, 0.25) is 0 Å². The van der Waals surface area contributed by atoms with Crippen molar-refractivity contribution in [2.75, 3.05) is 25.6 Å². The summed E-state index contributed by atoms with van der Waals surface area (Å²) >= 11 is 1.77. The number of halogens is 1. The van der Waals surface area contributed by atoms with Crippen LogP contribution >= 0.6 is 11.8 Å². The summed E-state index contributed by atoms with van der Waals surface area (Å²) in [5, 5.41) is 11.6. The molecule has 0 heterocycles. The van der Waals surface area contributed by atoms with E-state index in [-0.39, 0.29) is 5.84 Å². The molecule has 0 aliphatic carbocycles. The second-order valence-corrected chi connectivity index (χ2v) is 5.00. The normalized spacial score (nSPS) is 12.1. The van der Waals surface area contributed by atoms with E-state index in [2.05, 4.69) is 10.1 Å². The number of hydrogen-bond acceptors (Lipinski definition) is 4. The number of nitrogens with zero attached hydrogens (tertiary/aromatic N) is 2. The van der Waals surface area contributed by atoms with Gasteiger partial charge in [-0.1, -0.05) is 11.2 Å². The molecule has 0 amide bonds. The Labute approximate surface area is 111 Å². The van der Waals surface area contributed by atoms with Crippen LogP contribution in [0, 0.1) is 5.82 Å². The molecule has 0 saturated carbocycles. The van der Waals surface area contributed by atoms with Crippen molar-refractivity contribution in [2.45, 2.75) is 6.54 Å². The van der Waals surface area contributed by atoms with Crippen molar-refractivity contribution >= 4 is 17.6 Å². The van der Waals surface area contributed by atoms with Crippen molar-refractivity contribution in [3.63, 3.8) is 0 Å². The molecule has 1 aromatic rings. The van der Waals surface area contributed by atoms with Crippen LogP contribution in [0.25, 0.3) is 0 Å². The number of benzene rings is 1. The number of amidine groups is 1. The van der Waals surface area contributed by atoms with Crippen molar-refractivity contribution in [3.8, 4) is 0 Å². The third-order valence-electron chi connectivity index (χ3n) is 2.57. The Bertz CT molecular complexity index is 426. The van der Waals surface area contributed by atoms with Gasteiger partial charge in [0.1, 0.15) is 5.82 Å². The van der Waals surface area contributed by atoms with E-state index in [1.165, 1.54) is 12.1 Å². The van der Waals surface area contributed by atoms with Gasteiger partial charge >= 0.3 is 0 Å². The van der Waals surface area contributed by atoms with Gasteiger partial charge in [-0.2, -0.15) is 11.8 Å². The van der Waals surface area contributed by atoms with E-state index in [9.17, 15) is 4.39 Å². The lowest BCUT2D eigenvalue weighted by Gasteiger charge is -2.18. The van der Waals surface area contributed by atoms with Crippen LogP contribution < -0.4 is 5.73 Å². The molecule has 18 heavy (non-hydrogen) atoms. The minimum atomic E-state index is -0.396.